The zero-order valence-corrected chi connectivity index (χ0v) is 14.9. The van der Waals surface area contributed by atoms with Gasteiger partial charge in [0.05, 0.1) is 4.92 Å². The Bertz CT molecular complexity index is 931. The first kappa shape index (κ1) is 18.7. The fraction of sp³-hybridized carbons (Fsp3) is 0.100. The number of anilines is 1. The maximum absolute atomic E-state index is 13.0. The third-order valence-corrected chi connectivity index (χ3v) is 4.13. The van der Waals surface area contributed by atoms with E-state index >= 15 is 0 Å². The summed E-state index contributed by atoms with van der Waals surface area (Å²) < 4.78 is 18.9. The van der Waals surface area contributed by atoms with Gasteiger partial charge < -0.3 is 10.1 Å². The van der Waals surface area contributed by atoms with Gasteiger partial charge in [0.15, 0.2) is 0 Å². The molecule has 0 aromatic heterocycles. The van der Waals surface area contributed by atoms with Crippen LogP contribution < -0.4 is 10.1 Å². The van der Waals surface area contributed by atoms with E-state index in [9.17, 15) is 14.5 Å². The number of halogens is 2. The molecule has 138 valence electrons. The maximum atomic E-state index is 13.0. The highest BCUT2D eigenvalue weighted by molar-refractivity contribution is 6.30. The van der Waals surface area contributed by atoms with E-state index in [1.807, 2.05) is 0 Å². The molecule has 3 aromatic carbocycles. The number of nitrogens with one attached hydrogen (secondary N) is 1. The lowest BCUT2D eigenvalue weighted by atomic mass is 10.2. The van der Waals surface area contributed by atoms with Gasteiger partial charge in [-0.2, -0.15) is 0 Å². The van der Waals surface area contributed by atoms with E-state index in [1.165, 1.54) is 24.3 Å². The Morgan fingerprint density at radius 3 is 2.41 bits per heavy atom. The van der Waals surface area contributed by atoms with Crippen molar-refractivity contribution in [2.75, 3.05) is 5.32 Å². The molecule has 0 saturated carbocycles. The van der Waals surface area contributed by atoms with E-state index < -0.39 is 4.92 Å². The lowest BCUT2D eigenvalue weighted by Crippen LogP contribution is -2.04. The number of ether oxygens (including phenoxy) is 1. The number of nitro benzene ring substituents is 1. The summed E-state index contributed by atoms with van der Waals surface area (Å²) in [5.74, 6) is 0.350. The van der Waals surface area contributed by atoms with Gasteiger partial charge in [-0.05, 0) is 60.2 Å². The molecule has 5 nitrogen and oxygen atoms in total. The van der Waals surface area contributed by atoms with Crippen LogP contribution in [0.15, 0.2) is 66.7 Å². The van der Waals surface area contributed by atoms with E-state index in [-0.39, 0.29) is 18.1 Å². The van der Waals surface area contributed by atoms with Gasteiger partial charge in [-0.15, -0.1) is 0 Å². The highest BCUT2D eigenvalue weighted by atomic mass is 35.5. The fourth-order valence-corrected chi connectivity index (χ4v) is 2.66. The minimum absolute atomic E-state index is 0.0365. The van der Waals surface area contributed by atoms with Gasteiger partial charge >= 0.3 is 0 Å². The Morgan fingerprint density at radius 1 is 1.04 bits per heavy atom. The molecule has 0 radical (unpaired) electrons. The van der Waals surface area contributed by atoms with Crippen molar-refractivity contribution in [1.82, 2.24) is 0 Å². The second-order valence-electron chi connectivity index (χ2n) is 5.82. The van der Waals surface area contributed by atoms with Gasteiger partial charge in [0, 0.05) is 35.0 Å². The fourth-order valence-electron chi connectivity index (χ4n) is 2.47. The molecule has 0 saturated heterocycles. The third kappa shape index (κ3) is 5.18. The molecule has 3 aromatic rings. The second-order valence-corrected chi connectivity index (χ2v) is 6.26. The SMILES string of the molecule is O=[N+]([O-])c1ccc(COc2ccc(Cl)cc2CNc2ccc(F)cc2)cc1. The first-order valence-electron chi connectivity index (χ1n) is 8.15. The van der Waals surface area contributed by atoms with Crippen LogP contribution in [0.4, 0.5) is 15.8 Å². The summed E-state index contributed by atoms with van der Waals surface area (Å²) in [7, 11) is 0. The summed E-state index contributed by atoms with van der Waals surface area (Å²) in [6.07, 6.45) is 0. The summed E-state index contributed by atoms with van der Waals surface area (Å²) in [4.78, 5) is 10.3. The Morgan fingerprint density at radius 2 is 1.74 bits per heavy atom. The molecule has 1 N–H and O–H groups in total. The van der Waals surface area contributed by atoms with Crippen molar-refractivity contribution in [2.45, 2.75) is 13.2 Å². The number of non-ortho nitro benzene ring substituents is 1. The van der Waals surface area contributed by atoms with Crippen LogP contribution in [-0.2, 0) is 13.2 Å². The molecule has 0 heterocycles. The molecule has 7 heteroatoms. The van der Waals surface area contributed by atoms with Crippen LogP contribution in [0.1, 0.15) is 11.1 Å². The van der Waals surface area contributed by atoms with Gasteiger partial charge in [0.2, 0.25) is 0 Å². The summed E-state index contributed by atoms with van der Waals surface area (Å²) in [6, 6.07) is 17.6. The van der Waals surface area contributed by atoms with Crippen LogP contribution in [0.5, 0.6) is 5.75 Å². The highest BCUT2D eigenvalue weighted by Gasteiger charge is 2.08. The zero-order valence-electron chi connectivity index (χ0n) is 14.2. The maximum Gasteiger partial charge on any atom is 0.269 e. The number of nitro groups is 1. The van der Waals surface area contributed by atoms with Crippen molar-refractivity contribution in [2.24, 2.45) is 0 Å². The minimum atomic E-state index is -0.441. The van der Waals surface area contributed by atoms with Crippen LogP contribution in [0.2, 0.25) is 5.02 Å². The van der Waals surface area contributed by atoms with Gasteiger partial charge in [0.1, 0.15) is 18.2 Å². The normalized spacial score (nSPS) is 10.4. The summed E-state index contributed by atoms with van der Waals surface area (Å²) in [5.41, 5.74) is 2.47. The molecule has 0 bridgehead atoms. The molecule has 0 unspecified atom stereocenters. The lowest BCUT2D eigenvalue weighted by molar-refractivity contribution is -0.384. The van der Waals surface area contributed by atoms with E-state index in [2.05, 4.69) is 5.32 Å². The van der Waals surface area contributed by atoms with Crippen molar-refractivity contribution in [3.05, 3.63) is 98.8 Å². The topological polar surface area (TPSA) is 64.4 Å². The number of nitrogens with zero attached hydrogens (tertiary/aromatic N) is 1. The summed E-state index contributed by atoms with van der Waals surface area (Å²) in [6.45, 7) is 0.713. The van der Waals surface area contributed by atoms with Gasteiger partial charge in [-0.3, -0.25) is 10.1 Å². The number of rotatable bonds is 7. The molecule has 3 rings (SSSR count). The molecule has 0 aliphatic heterocycles. The number of benzene rings is 3. The molecular weight excluding hydrogens is 371 g/mol. The average Bonchev–Trinajstić information content (AvgIpc) is 2.67. The molecule has 0 aliphatic rings. The van der Waals surface area contributed by atoms with Crippen LogP contribution in [-0.4, -0.2) is 4.92 Å². The van der Waals surface area contributed by atoms with Crippen molar-refractivity contribution in [1.29, 1.82) is 0 Å². The predicted molar refractivity (Wildman–Crippen MR) is 103 cm³/mol. The van der Waals surface area contributed by atoms with E-state index in [0.717, 1.165) is 16.8 Å². The summed E-state index contributed by atoms with van der Waals surface area (Å²) >= 11 is 6.09. The van der Waals surface area contributed by atoms with Crippen molar-refractivity contribution in [3.8, 4) is 5.75 Å². The zero-order chi connectivity index (χ0) is 19.2. The average molecular weight is 387 g/mol. The van der Waals surface area contributed by atoms with Gasteiger partial charge in [0.25, 0.3) is 5.69 Å². The quantitative estimate of drug-likeness (QED) is 0.425. The Hall–Kier alpha value is -3.12. The van der Waals surface area contributed by atoms with E-state index in [4.69, 9.17) is 16.3 Å². The lowest BCUT2D eigenvalue weighted by Gasteiger charge is -2.13. The standard InChI is InChI=1S/C20H16ClFN2O3/c21-16-3-10-20(27-13-14-1-8-19(9-2-14)24(25)26)15(11-16)12-23-18-6-4-17(22)5-7-18/h1-11,23H,12-13H2. The van der Waals surface area contributed by atoms with Crippen molar-refractivity contribution in [3.63, 3.8) is 0 Å². The van der Waals surface area contributed by atoms with Gasteiger partial charge in [-0.1, -0.05) is 11.6 Å². The molecule has 27 heavy (non-hydrogen) atoms. The molecule has 0 spiro atoms. The molecule has 0 amide bonds. The first-order chi connectivity index (χ1) is 13.0. The Kier molecular flexibility index (Phi) is 5.88. The molecule has 0 atom stereocenters. The first-order valence-corrected chi connectivity index (χ1v) is 8.53. The minimum Gasteiger partial charge on any atom is -0.489 e. The van der Waals surface area contributed by atoms with Crippen molar-refractivity contribution < 1.29 is 14.1 Å². The monoisotopic (exact) mass is 386 g/mol. The van der Waals surface area contributed by atoms with Crippen LogP contribution in [0.3, 0.4) is 0 Å². The van der Waals surface area contributed by atoms with Gasteiger partial charge in [-0.25, -0.2) is 4.39 Å². The van der Waals surface area contributed by atoms with Crippen LogP contribution >= 0.6 is 11.6 Å². The Balaban J connectivity index is 1.67. The summed E-state index contributed by atoms with van der Waals surface area (Å²) in [5, 5.41) is 14.5. The van der Waals surface area contributed by atoms with Crippen LogP contribution in [0, 0.1) is 15.9 Å². The number of hydrogen-bond acceptors (Lipinski definition) is 4. The van der Waals surface area contributed by atoms with E-state index in [1.54, 1.807) is 42.5 Å². The largest absolute Gasteiger partial charge is 0.489 e. The smallest absolute Gasteiger partial charge is 0.269 e. The highest BCUT2D eigenvalue weighted by Crippen LogP contribution is 2.25. The second kappa shape index (κ2) is 8.51. The Labute approximate surface area is 160 Å². The van der Waals surface area contributed by atoms with Crippen LogP contribution in [0.25, 0.3) is 0 Å². The van der Waals surface area contributed by atoms with E-state index in [0.29, 0.717) is 17.3 Å². The number of hydrogen-bond donors (Lipinski definition) is 1. The molecule has 0 fully saturated rings. The molecular formula is C20H16ClFN2O3. The van der Waals surface area contributed by atoms with Crippen molar-refractivity contribution >= 4 is 23.0 Å². The third-order valence-electron chi connectivity index (χ3n) is 3.89. The predicted octanol–water partition coefficient (Wildman–Crippen LogP) is 5.58. The molecule has 0 aliphatic carbocycles.